The van der Waals surface area contributed by atoms with Gasteiger partial charge in [0, 0.05) is 17.5 Å². The molecule has 1 saturated carbocycles. The van der Waals surface area contributed by atoms with Gasteiger partial charge in [0.25, 0.3) is 0 Å². The van der Waals surface area contributed by atoms with Crippen LogP contribution in [0.3, 0.4) is 0 Å². The van der Waals surface area contributed by atoms with Gasteiger partial charge < -0.3 is 11.1 Å². The molecule has 0 spiro atoms. The second kappa shape index (κ2) is 5.87. The summed E-state index contributed by atoms with van der Waals surface area (Å²) in [6.45, 7) is 1.81. The maximum Gasteiger partial charge on any atom is 0.236 e. The van der Waals surface area contributed by atoms with Gasteiger partial charge in [-0.25, -0.2) is 8.78 Å². The zero-order valence-electron chi connectivity index (χ0n) is 11.6. The summed E-state index contributed by atoms with van der Waals surface area (Å²) in [5.41, 5.74) is 4.95. The number of amides is 1. The van der Waals surface area contributed by atoms with E-state index >= 15 is 0 Å². The smallest absolute Gasteiger partial charge is 0.236 e. The highest BCUT2D eigenvalue weighted by molar-refractivity contribution is 5.81. The summed E-state index contributed by atoms with van der Waals surface area (Å²) in [5.74, 6) is -1.38. The van der Waals surface area contributed by atoms with Crippen LogP contribution in [0, 0.1) is 11.6 Å². The normalized spacial score (nSPS) is 18.8. The summed E-state index contributed by atoms with van der Waals surface area (Å²) in [6, 6.07) is 3.27. The first kappa shape index (κ1) is 14.9. The Morgan fingerprint density at radius 3 is 2.40 bits per heavy atom. The Hall–Kier alpha value is -1.49. The van der Waals surface area contributed by atoms with Crippen LogP contribution in [-0.2, 0) is 10.2 Å². The third kappa shape index (κ3) is 2.82. The van der Waals surface area contributed by atoms with E-state index in [1.54, 1.807) is 6.92 Å². The predicted octanol–water partition coefficient (Wildman–Crippen LogP) is 2.24. The van der Waals surface area contributed by atoms with Gasteiger partial charge in [-0.3, -0.25) is 4.79 Å². The first-order valence-electron chi connectivity index (χ1n) is 6.94. The van der Waals surface area contributed by atoms with Gasteiger partial charge in [-0.05, 0) is 31.9 Å². The highest BCUT2D eigenvalue weighted by atomic mass is 19.1. The lowest BCUT2D eigenvalue weighted by Gasteiger charge is -2.31. The highest BCUT2D eigenvalue weighted by Gasteiger charge is 2.40. The molecule has 1 amide bonds. The van der Waals surface area contributed by atoms with E-state index in [2.05, 4.69) is 5.32 Å². The summed E-state index contributed by atoms with van der Waals surface area (Å²) < 4.78 is 28.1. The molecule has 1 aliphatic rings. The number of halogens is 2. The SMILES string of the molecule is C[C@@H](N)C(=O)NCC1(c2c(F)cccc2F)CCCC1. The van der Waals surface area contributed by atoms with Crippen LogP contribution in [0.1, 0.15) is 38.2 Å². The van der Waals surface area contributed by atoms with Gasteiger partial charge in [0.2, 0.25) is 5.91 Å². The Morgan fingerprint density at radius 2 is 1.90 bits per heavy atom. The topological polar surface area (TPSA) is 55.1 Å². The second-order valence-corrected chi connectivity index (χ2v) is 5.59. The van der Waals surface area contributed by atoms with Crippen molar-refractivity contribution in [2.45, 2.75) is 44.1 Å². The molecule has 0 aliphatic heterocycles. The van der Waals surface area contributed by atoms with E-state index in [0.29, 0.717) is 12.8 Å². The zero-order valence-corrected chi connectivity index (χ0v) is 11.6. The van der Waals surface area contributed by atoms with Gasteiger partial charge in [-0.2, -0.15) is 0 Å². The van der Waals surface area contributed by atoms with Crippen LogP contribution in [0.2, 0.25) is 0 Å². The van der Waals surface area contributed by atoms with E-state index in [-0.39, 0.29) is 18.0 Å². The average Bonchev–Trinajstić information content (AvgIpc) is 2.85. The van der Waals surface area contributed by atoms with Crippen molar-refractivity contribution in [1.29, 1.82) is 0 Å². The molecule has 2 rings (SSSR count). The van der Waals surface area contributed by atoms with E-state index in [0.717, 1.165) is 12.8 Å². The summed E-state index contributed by atoms with van der Waals surface area (Å²) in [6.07, 6.45) is 3.15. The number of benzene rings is 1. The second-order valence-electron chi connectivity index (χ2n) is 5.59. The lowest BCUT2D eigenvalue weighted by Crippen LogP contribution is -2.45. The van der Waals surface area contributed by atoms with Crippen molar-refractivity contribution in [2.75, 3.05) is 6.54 Å². The molecule has 20 heavy (non-hydrogen) atoms. The molecule has 0 bridgehead atoms. The lowest BCUT2D eigenvalue weighted by atomic mass is 9.78. The molecule has 1 aromatic rings. The monoisotopic (exact) mass is 282 g/mol. The molecule has 110 valence electrons. The summed E-state index contributed by atoms with van der Waals surface area (Å²) >= 11 is 0. The minimum absolute atomic E-state index is 0.0995. The minimum Gasteiger partial charge on any atom is -0.354 e. The van der Waals surface area contributed by atoms with Crippen LogP contribution >= 0.6 is 0 Å². The Bertz CT molecular complexity index is 476. The lowest BCUT2D eigenvalue weighted by molar-refractivity contribution is -0.122. The molecule has 1 fully saturated rings. The van der Waals surface area contributed by atoms with Crippen LogP contribution in [-0.4, -0.2) is 18.5 Å². The molecular formula is C15H20F2N2O. The predicted molar refractivity (Wildman–Crippen MR) is 73.2 cm³/mol. The van der Waals surface area contributed by atoms with E-state index in [1.165, 1.54) is 18.2 Å². The van der Waals surface area contributed by atoms with Gasteiger partial charge >= 0.3 is 0 Å². The quantitative estimate of drug-likeness (QED) is 0.890. The average molecular weight is 282 g/mol. The number of rotatable bonds is 4. The molecule has 3 N–H and O–H groups in total. The Kier molecular flexibility index (Phi) is 4.38. The number of nitrogens with two attached hydrogens (primary N) is 1. The van der Waals surface area contributed by atoms with Crippen LogP contribution in [0.5, 0.6) is 0 Å². The molecule has 1 atom stereocenters. The number of carbonyl (C=O) groups is 1. The zero-order chi connectivity index (χ0) is 14.8. The standard InChI is InChI=1S/C15H20F2N2O/c1-10(18)14(20)19-9-15(7-2-3-8-15)13-11(16)5-4-6-12(13)17/h4-6,10H,2-3,7-9,18H2,1H3,(H,19,20)/t10-/m1/s1. The maximum absolute atomic E-state index is 14.1. The molecule has 0 radical (unpaired) electrons. The number of hydrogen-bond donors (Lipinski definition) is 2. The number of carbonyl (C=O) groups excluding carboxylic acids is 1. The van der Waals surface area contributed by atoms with Crippen LogP contribution in [0.15, 0.2) is 18.2 Å². The molecular weight excluding hydrogens is 262 g/mol. The van der Waals surface area contributed by atoms with Gasteiger partial charge in [-0.15, -0.1) is 0 Å². The van der Waals surface area contributed by atoms with Crippen molar-refractivity contribution in [3.8, 4) is 0 Å². The first-order chi connectivity index (χ1) is 9.46. The molecule has 5 heteroatoms. The molecule has 1 aliphatic carbocycles. The Balaban J connectivity index is 2.28. The molecule has 0 aromatic heterocycles. The van der Waals surface area contributed by atoms with E-state index < -0.39 is 23.1 Å². The van der Waals surface area contributed by atoms with E-state index in [9.17, 15) is 13.6 Å². The summed E-state index contributed by atoms with van der Waals surface area (Å²) in [4.78, 5) is 11.6. The first-order valence-corrected chi connectivity index (χ1v) is 6.94. The molecule has 3 nitrogen and oxygen atoms in total. The minimum atomic E-state index is -0.653. The van der Waals surface area contributed by atoms with Crippen LogP contribution in [0.25, 0.3) is 0 Å². The van der Waals surface area contributed by atoms with Gasteiger partial charge in [0.05, 0.1) is 6.04 Å². The fourth-order valence-electron chi connectivity index (χ4n) is 2.99. The fraction of sp³-hybridized carbons (Fsp3) is 0.533. The van der Waals surface area contributed by atoms with Crippen molar-refractivity contribution in [3.63, 3.8) is 0 Å². The molecule has 1 aromatic carbocycles. The molecule has 0 unspecified atom stereocenters. The summed E-state index contributed by atoms with van der Waals surface area (Å²) in [7, 11) is 0. The van der Waals surface area contributed by atoms with E-state index in [1.807, 2.05) is 0 Å². The fourth-order valence-corrected chi connectivity index (χ4v) is 2.99. The summed E-state index contributed by atoms with van der Waals surface area (Å²) in [5, 5.41) is 2.72. The van der Waals surface area contributed by atoms with Crippen molar-refractivity contribution in [1.82, 2.24) is 5.32 Å². The third-order valence-electron chi connectivity index (χ3n) is 4.07. The number of nitrogens with one attached hydrogen (secondary N) is 1. The van der Waals surface area contributed by atoms with Gasteiger partial charge in [0.1, 0.15) is 11.6 Å². The van der Waals surface area contributed by atoms with Gasteiger partial charge in [0.15, 0.2) is 0 Å². The Morgan fingerprint density at radius 1 is 1.35 bits per heavy atom. The molecule has 0 heterocycles. The molecule has 0 saturated heterocycles. The van der Waals surface area contributed by atoms with E-state index in [4.69, 9.17) is 5.73 Å². The largest absolute Gasteiger partial charge is 0.354 e. The van der Waals surface area contributed by atoms with Crippen molar-refractivity contribution in [2.24, 2.45) is 5.73 Å². The Labute approximate surface area is 117 Å². The maximum atomic E-state index is 14.1. The van der Waals surface area contributed by atoms with Crippen molar-refractivity contribution >= 4 is 5.91 Å². The van der Waals surface area contributed by atoms with Crippen LogP contribution < -0.4 is 11.1 Å². The number of hydrogen-bond acceptors (Lipinski definition) is 2. The highest BCUT2D eigenvalue weighted by Crippen LogP contribution is 2.42. The van der Waals surface area contributed by atoms with Gasteiger partial charge in [-0.1, -0.05) is 18.9 Å². The third-order valence-corrected chi connectivity index (χ3v) is 4.07. The van der Waals surface area contributed by atoms with Crippen molar-refractivity contribution in [3.05, 3.63) is 35.4 Å². The van der Waals surface area contributed by atoms with Crippen LogP contribution in [0.4, 0.5) is 8.78 Å². The van der Waals surface area contributed by atoms with Crippen molar-refractivity contribution < 1.29 is 13.6 Å².